The Morgan fingerprint density at radius 2 is 2.00 bits per heavy atom. The molecular weight excluding hydrogens is 501 g/mol. The second-order valence-corrected chi connectivity index (χ2v) is 10.1. The van der Waals surface area contributed by atoms with Crippen molar-refractivity contribution in [3.8, 4) is 0 Å². The summed E-state index contributed by atoms with van der Waals surface area (Å²) in [7, 11) is 1.96. The molecule has 5 rings (SSSR count). The molecule has 2 aromatic carbocycles. The van der Waals surface area contributed by atoms with E-state index in [9.17, 15) is 22.8 Å². The topological polar surface area (TPSA) is 58.4 Å². The molecule has 3 aromatic rings. The third-order valence-corrected chi connectivity index (χ3v) is 7.34. The number of rotatable bonds is 4. The van der Waals surface area contributed by atoms with Gasteiger partial charge >= 0.3 is 6.18 Å². The van der Waals surface area contributed by atoms with Crippen molar-refractivity contribution < 1.29 is 22.8 Å². The Hall–Kier alpha value is -2.82. The molecule has 35 heavy (non-hydrogen) atoms. The van der Waals surface area contributed by atoms with Gasteiger partial charge in [0, 0.05) is 17.0 Å². The smallest absolute Gasteiger partial charge is 0.304 e. The third-order valence-electron chi connectivity index (χ3n) is 6.22. The van der Waals surface area contributed by atoms with Gasteiger partial charge in [0.2, 0.25) is 0 Å². The van der Waals surface area contributed by atoms with Crippen LogP contribution in [0.3, 0.4) is 0 Å². The van der Waals surface area contributed by atoms with Crippen LogP contribution in [0.15, 0.2) is 47.5 Å². The van der Waals surface area contributed by atoms with Crippen molar-refractivity contribution in [3.05, 3.63) is 69.2 Å². The highest BCUT2D eigenvalue weighted by atomic mass is 35.5. The molecule has 2 aliphatic rings. The normalized spacial score (nSPS) is 20.7. The van der Waals surface area contributed by atoms with Gasteiger partial charge in [0.15, 0.2) is 0 Å². The number of nitrogens with zero attached hydrogens (tertiary/aromatic N) is 4. The minimum Gasteiger partial charge on any atom is -0.304 e. The fraction of sp³-hybridized carbons (Fsp3) is 0.292. The first-order valence-electron chi connectivity index (χ1n) is 10.9. The Bertz CT molecular complexity index is 1370. The van der Waals surface area contributed by atoms with E-state index in [1.54, 1.807) is 30.5 Å². The molecule has 2 fully saturated rings. The second-order valence-electron chi connectivity index (χ2n) is 8.68. The number of likely N-dealkylation sites (tertiary alicyclic amines) is 1. The SMILES string of the molecule is CN1CC[C@H](N2C(=O)S/C(=C\c3ccc4c(cnn4Cc4ccc(Cl)cc4C(F)(F)F)c3)C2=O)C1. The van der Waals surface area contributed by atoms with E-state index in [4.69, 9.17) is 11.6 Å². The molecule has 0 N–H and O–H groups in total. The fourth-order valence-electron chi connectivity index (χ4n) is 4.50. The maximum Gasteiger partial charge on any atom is 0.416 e. The van der Waals surface area contributed by atoms with E-state index >= 15 is 0 Å². The van der Waals surface area contributed by atoms with Gasteiger partial charge in [0.25, 0.3) is 11.1 Å². The number of aromatic nitrogens is 2. The van der Waals surface area contributed by atoms with Crippen LogP contribution in [0.25, 0.3) is 17.0 Å². The molecule has 0 spiro atoms. The number of hydrogen-bond donors (Lipinski definition) is 0. The van der Waals surface area contributed by atoms with Gasteiger partial charge in [0.05, 0.1) is 34.8 Å². The second kappa shape index (κ2) is 9.00. The minimum absolute atomic E-state index is 0.0143. The number of imide groups is 1. The quantitative estimate of drug-likeness (QED) is 0.425. The van der Waals surface area contributed by atoms with Crippen LogP contribution < -0.4 is 0 Å². The van der Waals surface area contributed by atoms with Crippen LogP contribution in [-0.4, -0.2) is 56.9 Å². The summed E-state index contributed by atoms with van der Waals surface area (Å²) < 4.78 is 41.9. The molecule has 2 amide bonds. The number of benzene rings is 2. The lowest BCUT2D eigenvalue weighted by atomic mass is 10.1. The highest BCUT2D eigenvalue weighted by Gasteiger charge is 2.41. The molecule has 0 saturated carbocycles. The van der Waals surface area contributed by atoms with Crippen molar-refractivity contribution in [1.82, 2.24) is 19.6 Å². The molecule has 2 aliphatic heterocycles. The third kappa shape index (κ3) is 4.70. The summed E-state index contributed by atoms with van der Waals surface area (Å²) in [6.45, 7) is 1.43. The number of alkyl halides is 3. The summed E-state index contributed by atoms with van der Waals surface area (Å²) in [5.41, 5.74) is 0.609. The molecule has 0 bridgehead atoms. The van der Waals surface area contributed by atoms with Gasteiger partial charge in [-0.25, -0.2) is 0 Å². The highest BCUT2D eigenvalue weighted by Crippen LogP contribution is 2.36. The van der Waals surface area contributed by atoms with Gasteiger partial charge in [-0.1, -0.05) is 23.7 Å². The van der Waals surface area contributed by atoms with Crippen molar-refractivity contribution in [2.24, 2.45) is 0 Å². The zero-order valence-corrected chi connectivity index (χ0v) is 20.1. The Morgan fingerprint density at radius 3 is 2.71 bits per heavy atom. The number of carbonyl (C=O) groups excluding carboxylic acids is 2. The number of thioether (sulfide) groups is 1. The van der Waals surface area contributed by atoms with E-state index in [0.29, 0.717) is 27.9 Å². The summed E-state index contributed by atoms with van der Waals surface area (Å²) in [5, 5.41) is 4.72. The number of fused-ring (bicyclic) bond motifs is 1. The van der Waals surface area contributed by atoms with Gasteiger partial charge in [-0.15, -0.1) is 0 Å². The number of amides is 2. The maximum atomic E-state index is 13.5. The van der Waals surface area contributed by atoms with E-state index in [-0.39, 0.29) is 34.3 Å². The van der Waals surface area contributed by atoms with Crippen molar-refractivity contribution in [2.45, 2.75) is 25.2 Å². The molecule has 11 heteroatoms. The van der Waals surface area contributed by atoms with Gasteiger partial charge in [-0.3, -0.25) is 19.2 Å². The molecule has 1 aromatic heterocycles. The number of hydrogen-bond acceptors (Lipinski definition) is 5. The number of likely N-dealkylation sites (N-methyl/N-ethyl adjacent to an activating group) is 1. The maximum absolute atomic E-state index is 13.5. The van der Waals surface area contributed by atoms with Crippen LogP contribution in [0, 0.1) is 0 Å². The van der Waals surface area contributed by atoms with Crippen LogP contribution in [0.5, 0.6) is 0 Å². The largest absolute Gasteiger partial charge is 0.416 e. The highest BCUT2D eigenvalue weighted by molar-refractivity contribution is 8.18. The lowest BCUT2D eigenvalue weighted by Gasteiger charge is -2.20. The van der Waals surface area contributed by atoms with Crippen molar-refractivity contribution in [2.75, 3.05) is 20.1 Å². The van der Waals surface area contributed by atoms with E-state index in [2.05, 4.69) is 10.00 Å². The van der Waals surface area contributed by atoms with Gasteiger partial charge in [-0.05, 0) is 73.2 Å². The number of carbonyl (C=O) groups is 2. The average molecular weight is 521 g/mol. The average Bonchev–Trinajstić information content (AvgIpc) is 3.46. The molecule has 0 aliphatic carbocycles. The zero-order chi connectivity index (χ0) is 24.9. The lowest BCUT2D eigenvalue weighted by molar-refractivity contribution is -0.138. The van der Waals surface area contributed by atoms with Crippen LogP contribution in [0.2, 0.25) is 5.02 Å². The van der Waals surface area contributed by atoms with Gasteiger partial charge < -0.3 is 4.90 Å². The van der Waals surface area contributed by atoms with Crippen LogP contribution in [0.4, 0.5) is 18.0 Å². The molecule has 1 atom stereocenters. The molecular formula is C24H20ClF3N4O2S. The molecule has 182 valence electrons. The van der Waals surface area contributed by atoms with Crippen LogP contribution >= 0.6 is 23.4 Å². The molecule has 3 heterocycles. The number of halogens is 4. The summed E-state index contributed by atoms with van der Waals surface area (Å²) in [5.74, 6) is -0.293. The van der Waals surface area contributed by atoms with E-state index in [1.807, 2.05) is 7.05 Å². The monoisotopic (exact) mass is 520 g/mol. The molecule has 0 unspecified atom stereocenters. The minimum atomic E-state index is -4.53. The lowest BCUT2D eigenvalue weighted by Crippen LogP contribution is -2.40. The van der Waals surface area contributed by atoms with Crippen molar-refractivity contribution >= 4 is 51.5 Å². The Kier molecular flexibility index (Phi) is 6.14. The first-order chi connectivity index (χ1) is 16.6. The first-order valence-corrected chi connectivity index (χ1v) is 12.1. The van der Waals surface area contributed by atoms with Crippen LogP contribution in [0.1, 0.15) is 23.1 Å². The molecule has 6 nitrogen and oxygen atoms in total. The van der Waals surface area contributed by atoms with Crippen LogP contribution in [-0.2, 0) is 17.5 Å². The van der Waals surface area contributed by atoms with E-state index in [0.717, 1.165) is 30.8 Å². The first kappa shape index (κ1) is 23.9. The molecule has 0 radical (unpaired) electrons. The Balaban J connectivity index is 1.40. The molecule has 2 saturated heterocycles. The van der Waals surface area contributed by atoms with Gasteiger partial charge in [0.1, 0.15) is 0 Å². The standard InChI is InChI=1S/C24H20ClF3N4O2S/c1-30-7-6-18(13-30)32-22(33)21(35-23(32)34)9-14-2-5-20-16(8-14)11-29-31(20)12-15-3-4-17(25)10-19(15)24(26,27)28/h2-5,8-11,18H,6-7,12-13H2,1H3/b21-9-/t18-/m0/s1. The van der Waals surface area contributed by atoms with Gasteiger partial charge in [-0.2, -0.15) is 18.3 Å². The van der Waals surface area contributed by atoms with Crippen molar-refractivity contribution in [1.29, 1.82) is 0 Å². The fourth-order valence-corrected chi connectivity index (χ4v) is 5.57. The zero-order valence-electron chi connectivity index (χ0n) is 18.6. The summed E-state index contributed by atoms with van der Waals surface area (Å²) >= 11 is 6.70. The summed E-state index contributed by atoms with van der Waals surface area (Å²) in [4.78, 5) is 29.2. The Morgan fingerprint density at radius 1 is 1.20 bits per heavy atom. The Labute approximate surface area is 208 Å². The van der Waals surface area contributed by atoms with Crippen molar-refractivity contribution in [3.63, 3.8) is 0 Å². The predicted octanol–water partition coefficient (Wildman–Crippen LogP) is 5.50. The summed E-state index contributed by atoms with van der Waals surface area (Å²) in [6, 6.07) is 8.86. The van der Waals surface area contributed by atoms with E-state index in [1.165, 1.54) is 21.7 Å². The van der Waals surface area contributed by atoms with E-state index < -0.39 is 11.7 Å². The predicted molar refractivity (Wildman–Crippen MR) is 129 cm³/mol. The summed E-state index contributed by atoms with van der Waals surface area (Å²) in [6.07, 6.45) is -0.541.